The van der Waals surface area contributed by atoms with Gasteiger partial charge in [0.15, 0.2) is 0 Å². The van der Waals surface area contributed by atoms with Crippen LogP contribution in [-0.2, 0) is 11.3 Å². The Balaban J connectivity index is 0.000000480. The van der Waals surface area contributed by atoms with E-state index in [0.717, 1.165) is 12.4 Å². The van der Waals surface area contributed by atoms with Crippen molar-refractivity contribution in [1.82, 2.24) is 14.5 Å². The fourth-order valence-electron chi connectivity index (χ4n) is 1.99. The van der Waals surface area contributed by atoms with Crippen molar-refractivity contribution >= 4 is 29.4 Å². The maximum absolute atomic E-state index is 10.8. The van der Waals surface area contributed by atoms with E-state index < -0.39 is 18.1 Å². The van der Waals surface area contributed by atoms with E-state index in [9.17, 15) is 18.0 Å². The summed E-state index contributed by atoms with van der Waals surface area (Å²) in [7, 11) is 0. The van der Waals surface area contributed by atoms with Crippen LogP contribution in [0.4, 0.5) is 19.0 Å². The average Bonchev–Trinajstić information content (AvgIpc) is 3.04. The van der Waals surface area contributed by atoms with Crippen molar-refractivity contribution in [3.8, 4) is 0 Å². The minimum atomic E-state index is -5.08. The lowest BCUT2D eigenvalue weighted by atomic mass is 10.2. The summed E-state index contributed by atoms with van der Waals surface area (Å²) in [4.78, 5) is 28.0. The molecule has 0 aromatic carbocycles. The number of aromatic carboxylic acids is 1. The van der Waals surface area contributed by atoms with Crippen LogP contribution in [0.25, 0.3) is 0 Å². The number of alkyl halides is 3. The molecule has 0 amide bonds. The van der Waals surface area contributed by atoms with Gasteiger partial charge in [-0.05, 0) is 6.07 Å². The molecule has 0 spiro atoms. The number of nitrogens with zero attached hydrogens (tertiary/aromatic N) is 3. The maximum atomic E-state index is 10.8. The second-order valence-corrected chi connectivity index (χ2v) is 6.13. The molecular weight excluding hydrogens is 405 g/mol. The molecule has 8 nitrogen and oxygen atoms in total. The third kappa shape index (κ3) is 7.06. The van der Waals surface area contributed by atoms with Gasteiger partial charge in [0.2, 0.25) is 0 Å². The molecule has 3 N–H and O–H groups in total. The van der Waals surface area contributed by atoms with E-state index in [2.05, 4.69) is 33.7 Å². The molecule has 0 radical (unpaired) electrons. The molecule has 0 saturated carbocycles. The fraction of sp³-hybridized carbons (Fsp3) is 0.375. The number of hydrogen-bond acceptors (Lipinski definition) is 5. The normalized spacial score (nSPS) is 11.0. The molecule has 154 valence electrons. The Morgan fingerprint density at radius 1 is 1.29 bits per heavy atom. The fourth-order valence-corrected chi connectivity index (χ4v) is 2.22. The Labute approximate surface area is 163 Å². The number of anilines is 1. The number of hydrogen-bond donors (Lipinski definition) is 3. The van der Waals surface area contributed by atoms with Gasteiger partial charge in [0, 0.05) is 37.6 Å². The van der Waals surface area contributed by atoms with Gasteiger partial charge in [-0.15, -0.1) is 0 Å². The summed E-state index contributed by atoms with van der Waals surface area (Å²) in [5.41, 5.74) is 0.0715. The molecule has 2 rings (SSSR count). The Morgan fingerprint density at radius 2 is 1.89 bits per heavy atom. The zero-order valence-electron chi connectivity index (χ0n) is 14.9. The summed E-state index contributed by atoms with van der Waals surface area (Å²) in [6, 6.07) is 1.38. The van der Waals surface area contributed by atoms with Crippen molar-refractivity contribution < 1.29 is 33.0 Å². The molecule has 28 heavy (non-hydrogen) atoms. The Bertz CT molecular complexity index is 824. The van der Waals surface area contributed by atoms with Gasteiger partial charge in [-0.1, -0.05) is 25.4 Å². The third-order valence-electron chi connectivity index (χ3n) is 3.24. The summed E-state index contributed by atoms with van der Waals surface area (Å²) in [5, 5.41) is 19.4. The number of halogens is 4. The number of pyridine rings is 1. The van der Waals surface area contributed by atoms with Gasteiger partial charge in [0.25, 0.3) is 0 Å². The molecule has 0 aliphatic heterocycles. The summed E-state index contributed by atoms with van der Waals surface area (Å²) in [5.74, 6) is -1.94. The molecule has 2 aromatic rings. The van der Waals surface area contributed by atoms with Crippen LogP contribution in [0, 0.1) is 0 Å². The second kappa shape index (κ2) is 9.93. The summed E-state index contributed by atoms with van der Waals surface area (Å²) in [6.45, 7) is 5.53. The predicted octanol–water partition coefficient (Wildman–Crippen LogP) is 3.50. The van der Waals surface area contributed by atoms with Crippen molar-refractivity contribution in [3.63, 3.8) is 0 Å². The largest absolute Gasteiger partial charge is 0.490 e. The highest BCUT2D eigenvalue weighted by atomic mass is 35.5. The quantitative estimate of drug-likeness (QED) is 0.652. The maximum Gasteiger partial charge on any atom is 0.490 e. The molecular formula is C16H18ClF3N4O4. The number of aromatic nitrogens is 3. The minimum Gasteiger partial charge on any atom is -0.478 e. The van der Waals surface area contributed by atoms with Gasteiger partial charge in [0.1, 0.15) is 11.6 Å². The monoisotopic (exact) mass is 422 g/mol. The molecule has 12 heteroatoms. The Kier molecular flexibility index (Phi) is 8.23. The van der Waals surface area contributed by atoms with Crippen LogP contribution in [0.15, 0.2) is 24.7 Å². The van der Waals surface area contributed by atoms with Gasteiger partial charge in [0.05, 0.1) is 10.6 Å². The van der Waals surface area contributed by atoms with Gasteiger partial charge < -0.3 is 20.1 Å². The lowest BCUT2D eigenvalue weighted by Gasteiger charge is -2.12. The minimum absolute atomic E-state index is 0.0715. The standard InChI is InChI=1S/C14H17ClN4O2.C2HF3O2/c1-9(2)13-17-4-6-19(13)5-3-16-12-11(15)7-10(8-18-12)14(20)21;3-2(4,5)1(6)7/h4,6-9H,3,5H2,1-2H3,(H,16,18)(H,20,21);(H,6,7). The van der Waals surface area contributed by atoms with E-state index in [1.54, 1.807) is 6.20 Å². The molecule has 0 unspecified atom stereocenters. The molecule has 2 heterocycles. The van der Waals surface area contributed by atoms with E-state index in [-0.39, 0.29) is 5.56 Å². The van der Waals surface area contributed by atoms with E-state index >= 15 is 0 Å². The van der Waals surface area contributed by atoms with Crippen LogP contribution in [-0.4, -0.2) is 49.4 Å². The highest BCUT2D eigenvalue weighted by Crippen LogP contribution is 2.20. The number of carboxylic acid groups (broad SMARTS) is 2. The number of imidazole rings is 1. The van der Waals surface area contributed by atoms with Gasteiger partial charge in [-0.3, -0.25) is 0 Å². The van der Waals surface area contributed by atoms with E-state index in [0.29, 0.717) is 23.3 Å². The van der Waals surface area contributed by atoms with Crippen LogP contribution in [0.1, 0.15) is 35.9 Å². The zero-order chi connectivity index (χ0) is 21.5. The van der Waals surface area contributed by atoms with E-state index in [4.69, 9.17) is 26.6 Å². The number of aliphatic carboxylic acids is 1. The first kappa shape index (κ1) is 23.2. The number of rotatable bonds is 6. The predicted molar refractivity (Wildman–Crippen MR) is 94.7 cm³/mol. The molecule has 0 saturated heterocycles. The molecule has 0 aliphatic rings. The Hall–Kier alpha value is -2.82. The molecule has 0 fully saturated rings. The highest BCUT2D eigenvalue weighted by molar-refractivity contribution is 6.33. The van der Waals surface area contributed by atoms with E-state index in [1.165, 1.54) is 12.3 Å². The second-order valence-electron chi connectivity index (χ2n) is 5.72. The lowest BCUT2D eigenvalue weighted by Crippen LogP contribution is -2.21. The third-order valence-corrected chi connectivity index (χ3v) is 3.53. The SMILES string of the molecule is CC(C)c1nccn1CCNc1ncc(C(=O)O)cc1Cl.O=C(O)C(F)(F)F. The molecule has 0 atom stereocenters. The number of nitrogens with one attached hydrogen (secondary N) is 1. The molecule has 0 aliphatic carbocycles. The topological polar surface area (TPSA) is 117 Å². The van der Waals surface area contributed by atoms with Gasteiger partial charge in [-0.2, -0.15) is 13.2 Å². The van der Waals surface area contributed by atoms with Gasteiger partial charge >= 0.3 is 18.1 Å². The summed E-state index contributed by atoms with van der Waals surface area (Å²) >= 11 is 6.01. The first-order chi connectivity index (χ1) is 12.9. The average molecular weight is 423 g/mol. The smallest absolute Gasteiger partial charge is 0.478 e. The van der Waals surface area contributed by atoms with Crippen LogP contribution < -0.4 is 5.32 Å². The van der Waals surface area contributed by atoms with Gasteiger partial charge in [-0.25, -0.2) is 19.6 Å². The zero-order valence-corrected chi connectivity index (χ0v) is 15.6. The van der Waals surface area contributed by atoms with Crippen LogP contribution in [0.3, 0.4) is 0 Å². The van der Waals surface area contributed by atoms with Crippen LogP contribution in [0.5, 0.6) is 0 Å². The number of carbonyl (C=O) groups is 2. The molecule has 0 bridgehead atoms. The van der Waals surface area contributed by atoms with Crippen molar-refractivity contribution in [2.45, 2.75) is 32.5 Å². The lowest BCUT2D eigenvalue weighted by molar-refractivity contribution is -0.192. The van der Waals surface area contributed by atoms with Crippen molar-refractivity contribution in [3.05, 3.63) is 41.1 Å². The summed E-state index contributed by atoms with van der Waals surface area (Å²) in [6.07, 6.45) is -0.0882. The van der Waals surface area contributed by atoms with E-state index in [1.807, 2.05) is 6.20 Å². The highest BCUT2D eigenvalue weighted by Gasteiger charge is 2.38. The Morgan fingerprint density at radius 3 is 2.36 bits per heavy atom. The first-order valence-corrected chi connectivity index (χ1v) is 8.25. The summed E-state index contributed by atoms with van der Waals surface area (Å²) < 4.78 is 33.8. The molecule has 2 aromatic heterocycles. The van der Waals surface area contributed by atoms with Crippen molar-refractivity contribution in [2.75, 3.05) is 11.9 Å². The van der Waals surface area contributed by atoms with Crippen LogP contribution in [0.2, 0.25) is 5.02 Å². The number of carboxylic acids is 2. The first-order valence-electron chi connectivity index (χ1n) is 7.87. The van der Waals surface area contributed by atoms with Crippen LogP contribution >= 0.6 is 11.6 Å². The van der Waals surface area contributed by atoms with Crippen molar-refractivity contribution in [2.24, 2.45) is 0 Å². The van der Waals surface area contributed by atoms with Crippen molar-refractivity contribution in [1.29, 1.82) is 0 Å².